The zero-order valence-electron chi connectivity index (χ0n) is 22.4. The van der Waals surface area contributed by atoms with E-state index >= 15 is 0 Å². The Morgan fingerprint density at radius 3 is 2.03 bits per heavy atom. The van der Waals surface area contributed by atoms with Crippen LogP contribution in [0, 0.1) is 17.8 Å². The number of quaternary nitrogens is 1. The first kappa shape index (κ1) is 30.2. The molecule has 0 unspecified atom stereocenters. The quantitative estimate of drug-likeness (QED) is 0.350. The normalized spacial score (nSPS) is 33.6. The lowest BCUT2D eigenvalue weighted by molar-refractivity contribution is -0.967. The maximum absolute atomic E-state index is 13.6. The number of alkyl halides is 6. The second-order valence-corrected chi connectivity index (χ2v) is 11.9. The fourth-order valence-electron chi connectivity index (χ4n) is 8.34. The largest absolute Gasteiger partial charge is 1.00 e. The van der Waals surface area contributed by atoms with E-state index in [1.165, 1.54) is 0 Å². The lowest BCUT2D eigenvalue weighted by Crippen LogP contribution is -3.00. The van der Waals surface area contributed by atoms with E-state index in [-0.39, 0.29) is 46.6 Å². The van der Waals surface area contributed by atoms with Crippen molar-refractivity contribution in [1.29, 1.82) is 0 Å². The predicted octanol–water partition coefficient (Wildman–Crippen LogP) is 4.48. The first-order valence-electron chi connectivity index (χ1n) is 13.0. The van der Waals surface area contributed by atoms with Crippen molar-refractivity contribution in [3.05, 3.63) is 64.7 Å². The highest BCUT2D eigenvalue weighted by molar-refractivity contribution is 5.34. The topological polar surface area (TPSA) is 18.5 Å². The van der Waals surface area contributed by atoms with Gasteiger partial charge in [0.05, 0.1) is 31.4 Å². The second-order valence-electron chi connectivity index (χ2n) is 11.9. The number of methoxy groups -OCH3 is 1. The summed E-state index contributed by atoms with van der Waals surface area (Å²) in [6.45, 7) is 8.17. The lowest BCUT2D eigenvalue weighted by Gasteiger charge is -2.44. The molecule has 3 fully saturated rings. The third-order valence-corrected chi connectivity index (χ3v) is 9.78. The van der Waals surface area contributed by atoms with Gasteiger partial charge in [0.1, 0.15) is 30.0 Å². The van der Waals surface area contributed by atoms with E-state index in [2.05, 4.69) is 20.8 Å². The molecule has 0 bridgehead atoms. The number of hydrogen-bond acceptors (Lipinski definition) is 2. The Labute approximate surface area is 235 Å². The summed E-state index contributed by atoms with van der Waals surface area (Å²) in [6.07, 6.45) is -7.81. The van der Waals surface area contributed by atoms with Crippen LogP contribution in [0.2, 0.25) is 0 Å². The van der Waals surface area contributed by atoms with Crippen LogP contribution in [0.15, 0.2) is 42.5 Å². The second kappa shape index (κ2) is 9.94. The van der Waals surface area contributed by atoms with E-state index in [9.17, 15) is 26.3 Å². The first-order chi connectivity index (χ1) is 17.6. The fourth-order valence-corrected chi connectivity index (χ4v) is 8.34. The van der Waals surface area contributed by atoms with Crippen LogP contribution in [0.3, 0.4) is 0 Å². The van der Waals surface area contributed by atoms with E-state index < -0.39 is 29.1 Å². The molecule has 10 heteroatoms. The van der Waals surface area contributed by atoms with Crippen LogP contribution in [-0.2, 0) is 30.2 Å². The highest BCUT2D eigenvalue weighted by atomic mass is 79.9. The molecule has 216 valence electrons. The minimum Gasteiger partial charge on any atom is -1.00 e. The maximum atomic E-state index is 13.6. The molecule has 3 nitrogen and oxygen atoms in total. The van der Waals surface area contributed by atoms with Crippen LogP contribution in [0.25, 0.3) is 0 Å². The molecular formula is C29H34BrF6NO2. The molecule has 0 spiro atoms. The Morgan fingerprint density at radius 2 is 1.49 bits per heavy atom. The van der Waals surface area contributed by atoms with Gasteiger partial charge < -0.3 is 30.9 Å². The molecule has 39 heavy (non-hydrogen) atoms. The monoisotopic (exact) mass is 621 g/mol. The molecule has 0 amide bonds. The molecule has 2 saturated heterocycles. The van der Waals surface area contributed by atoms with Gasteiger partial charge in [-0.3, -0.25) is 0 Å². The fraction of sp³-hybridized carbons (Fsp3) is 0.586. The van der Waals surface area contributed by atoms with Gasteiger partial charge in [0.15, 0.2) is 0 Å². The average Bonchev–Trinajstić information content (AvgIpc) is 3.36. The van der Waals surface area contributed by atoms with E-state index in [0.29, 0.717) is 36.0 Å². The van der Waals surface area contributed by atoms with Crippen molar-refractivity contribution >= 4 is 0 Å². The summed E-state index contributed by atoms with van der Waals surface area (Å²) >= 11 is 0. The molecule has 2 aliphatic heterocycles. The summed E-state index contributed by atoms with van der Waals surface area (Å²) in [5.41, 5.74) is -2.30. The molecule has 6 atom stereocenters. The summed E-state index contributed by atoms with van der Waals surface area (Å²) in [5, 5.41) is 0. The van der Waals surface area contributed by atoms with Crippen molar-refractivity contribution < 1.29 is 57.3 Å². The molecular weight excluding hydrogens is 588 g/mol. The smallest absolute Gasteiger partial charge is 0.416 e. The van der Waals surface area contributed by atoms with Crippen LogP contribution in [0.5, 0.6) is 5.75 Å². The molecule has 3 aliphatic rings. The number of nitrogens with zero attached hydrogens (tertiary/aromatic N) is 1. The Balaban J connectivity index is 0.00000353. The molecule has 1 aliphatic carbocycles. The van der Waals surface area contributed by atoms with Gasteiger partial charge in [-0.05, 0) is 62.6 Å². The number of benzene rings is 2. The van der Waals surface area contributed by atoms with Gasteiger partial charge in [0.25, 0.3) is 0 Å². The van der Waals surface area contributed by atoms with Gasteiger partial charge in [0.2, 0.25) is 0 Å². The third kappa shape index (κ3) is 4.99. The van der Waals surface area contributed by atoms with Gasteiger partial charge in [-0.2, -0.15) is 26.3 Å². The van der Waals surface area contributed by atoms with Crippen molar-refractivity contribution in [2.45, 2.75) is 70.3 Å². The summed E-state index contributed by atoms with van der Waals surface area (Å²) in [5.74, 6) is 1.55. The van der Waals surface area contributed by atoms with Crippen molar-refractivity contribution in [3.63, 3.8) is 0 Å². The van der Waals surface area contributed by atoms with Crippen LogP contribution >= 0.6 is 0 Å². The van der Waals surface area contributed by atoms with Gasteiger partial charge >= 0.3 is 12.4 Å². The summed E-state index contributed by atoms with van der Waals surface area (Å²) < 4.78 is 94.0. The van der Waals surface area contributed by atoms with Crippen molar-refractivity contribution in [2.24, 2.45) is 17.8 Å². The molecule has 5 rings (SSSR count). The Morgan fingerprint density at radius 1 is 0.897 bits per heavy atom. The molecule has 0 radical (unpaired) electrons. The van der Waals surface area contributed by atoms with Crippen LogP contribution < -0.4 is 21.7 Å². The average molecular weight is 622 g/mol. The number of rotatable bonds is 6. The highest BCUT2D eigenvalue weighted by Gasteiger charge is 2.76. The van der Waals surface area contributed by atoms with E-state index in [4.69, 9.17) is 9.47 Å². The van der Waals surface area contributed by atoms with Crippen LogP contribution in [-0.4, -0.2) is 35.8 Å². The van der Waals surface area contributed by atoms with Crippen LogP contribution in [0.1, 0.15) is 55.9 Å². The zero-order chi connectivity index (χ0) is 27.7. The highest BCUT2D eigenvalue weighted by Crippen LogP contribution is 2.65. The van der Waals surface area contributed by atoms with Crippen LogP contribution in [0.4, 0.5) is 26.3 Å². The standard InChI is InChI=1S/C29H34F6NO2.BrH/c1-18-14-36(15-20-11-21(28(30,31)32)13-22(12-20)29(33,34)35)17-26(2,25-10-9-24(18)27(25,36)3)38-16-19-5-7-23(37-4)8-6-19;/h5-8,11-13,18,24-25H,9-10,14-17H2,1-4H3;1H/q+1;/p-1/t18-,24+,25-,26-,27-,36-;/m1./s1. The molecule has 2 aromatic carbocycles. The third-order valence-electron chi connectivity index (χ3n) is 9.78. The summed E-state index contributed by atoms with van der Waals surface area (Å²) in [4.78, 5) is 0. The number of ether oxygens (including phenoxy) is 2. The minimum absolute atomic E-state index is 0. The van der Waals surface area contributed by atoms with Gasteiger partial charge in [-0.25, -0.2) is 0 Å². The number of hydrogen-bond donors (Lipinski definition) is 0. The van der Waals surface area contributed by atoms with E-state index in [1.54, 1.807) is 7.11 Å². The number of halogens is 7. The predicted molar refractivity (Wildman–Crippen MR) is 130 cm³/mol. The summed E-state index contributed by atoms with van der Waals surface area (Å²) in [6, 6.07) is 9.62. The van der Waals surface area contributed by atoms with E-state index in [0.717, 1.165) is 36.3 Å². The molecule has 2 aromatic rings. The van der Waals surface area contributed by atoms with Crippen molar-refractivity contribution in [1.82, 2.24) is 0 Å². The van der Waals surface area contributed by atoms with Gasteiger partial charge in [-0.15, -0.1) is 0 Å². The van der Waals surface area contributed by atoms with Crippen molar-refractivity contribution in [3.8, 4) is 5.75 Å². The molecule has 0 aromatic heterocycles. The molecule has 0 N–H and O–H groups in total. The zero-order valence-corrected chi connectivity index (χ0v) is 24.0. The Bertz CT molecular complexity index is 1170. The lowest BCUT2D eigenvalue weighted by atomic mass is 9.76. The SMILES string of the molecule is COc1ccc(CO[C@]2(C)C[N@+]3(Cc4cc(C(F)(F)F)cc(C(F)(F)F)c4)C[C@@H](C)[C@@H]4CC[C@H]2[C@@]43C)cc1.[Br-]. The van der Waals surface area contributed by atoms with Crippen molar-refractivity contribution in [2.75, 3.05) is 20.2 Å². The van der Waals surface area contributed by atoms with Gasteiger partial charge in [-0.1, -0.05) is 19.1 Å². The first-order valence-corrected chi connectivity index (χ1v) is 13.0. The Kier molecular flexibility index (Phi) is 7.70. The maximum Gasteiger partial charge on any atom is 0.416 e. The Hall–Kier alpha value is -1.78. The van der Waals surface area contributed by atoms with E-state index in [1.807, 2.05) is 24.3 Å². The molecule has 2 heterocycles. The van der Waals surface area contributed by atoms with Gasteiger partial charge in [0, 0.05) is 23.3 Å². The minimum atomic E-state index is -4.86. The molecule has 1 saturated carbocycles. The summed E-state index contributed by atoms with van der Waals surface area (Å²) in [7, 11) is 1.60.